The Hall–Kier alpha value is -3.85. The number of thiazole rings is 1. The standard InChI is InChI=1S/C26H30F2N8O4S/c1-14(38)7-30-24(40)34(2)21-18(11-37)36(13-31-21)25(5-6-25)23(39)33-19-12-41-22(32-19)15-3-4-20(29-8-15)35-9-16-17(10-35)26(16,27)28/h3-4,8,11-12,16-17,20,29,31H,5-7,9-10,13H2,1-2H3,(H,30,40)(H,33,39). The van der Waals surface area contributed by atoms with Gasteiger partial charge in [-0.2, -0.15) is 0 Å². The number of piperidine rings is 1. The maximum absolute atomic E-state index is 13.5. The van der Waals surface area contributed by atoms with Gasteiger partial charge >= 0.3 is 6.03 Å². The van der Waals surface area contributed by atoms with Gasteiger partial charge in [-0.05, 0) is 25.8 Å². The minimum atomic E-state index is -2.51. The molecule has 0 aromatic carbocycles. The first-order valence-electron chi connectivity index (χ1n) is 13.3. The molecule has 218 valence electrons. The van der Waals surface area contributed by atoms with E-state index >= 15 is 0 Å². The molecule has 3 fully saturated rings. The summed E-state index contributed by atoms with van der Waals surface area (Å²) in [5.41, 5.74) is 0.0276. The number of rotatable bonds is 9. The minimum absolute atomic E-state index is 0.136. The van der Waals surface area contributed by atoms with Crippen LogP contribution in [0.25, 0.3) is 5.57 Å². The smallest absolute Gasteiger partial charge is 0.323 e. The van der Waals surface area contributed by atoms with Gasteiger partial charge in [0.2, 0.25) is 0 Å². The van der Waals surface area contributed by atoms with Crippen molar-refractivity contribution in [2.45, 2.75) is 37.4 Å². The van der Waals surface area contributed by atoms with E-state index in [2.05, 4.69) is 26.3 Å². The van der Waals surface area contributed by atoms with E-state index < -0.39 is 29.3 Å². The molecule has 6 rings (SSSR count). The molecule has 3 aliphatic heterocycles. The number of nitrogens with one attached hydrogen (secondary N) is 4. The van der Waals surface area contributed by atoms with Crippen molar-refractivity contribution >= 4 is 46.7 Å². The molecule has 12 nitrogen and oxygen atoms in total. The van der Waals surface area contributed by atoms with Crippen molar-refractivity contribution in [3.63, 3.8) is 0 Å². The molecular weight excluding hydrogens is 558 g/mol. The fourth-order valence-corrected chi connectivity index (χ4v) is 6.45. The van der Waals surface area contributed by atoms with Crippen molar-refractivity contribution in [2.75, 3.05) is 38.7 Å². The summed E-state index contributed by atoms with van der Waals surface area (Å²) >= 11 is 1.36. The number of alkyl halides is 2. The number of aromatic nitrogens is 1. The fourth-order valence-electron chi connectivity index (χ4n) is 5.70. The second kappa shape index (κ2) is 9.91. The monoisotopic (exact) mass is 588 g/mol. The number of halogens is 2. The SMILES string of the molecule is CC(=O)CNC(=O)N(C)C1=C(C=O)N(C2(C(=O)Nc3csc(C4=CNC(N5CC6C(C5)C6(F)F)C=C4)n3)CC2)CN1. The molecule has 0 radical (unpaired) electrons. The third-order valence-electron chi connectivity index (χ3n) is 8.32. The molecular formula is C26H30F2N8O4S. The largest absolute Gasteiger partial charge is 0.372 e. The zero-order chi connectivity index (χ0) is 29.1. The van der Waals surface area contributed by atoms with Crippen LogP contribution in [0, 0.1) is 11.8 Å². The van der Waals surface area contributed by atoms with Crippen LogP contribution in [0.5, 0.6) is 0 Å². The van der Waals surface area contributed by atoms with Gasteiger partial charge in [0.15, 0.2) is 6.29 Å². The van der Waals surface area contributed by atoms with Gasteiger partial charge in [0.1, 0.15) is 33.7 Å². The van der Waals surface area contributed by atoms with Crippen LogP contribution >= 0.6 is 11.3 Å². The number of carbonyl (C=O) groups is 4. The molecule has 2 saturated carbocycles. The average Bonchev–Trinajstić information content (AvgIpc) is 3.50. The first-order valence-corrected chi connectivity index (χ1v) is 14.2. The van der Waals surface area contributed by atoms with E-state index in [1.54, 1.807) is 16.5 Å². The molecule has 5 aliphatic rings. The Bertz CT molecular complexity index is 1390. The van der Waals surface area contributed by atoms with Crippen molar-refractivity contribution in [1.82, 2.24) is 35.6 Å². The normalized spacial score (nSPS) is 26.9. The number of dihydropyridines is 1. The van der Waals surface area contributed by atoms with Crippen LogP contribution in [0.3, 0.4) is 0 Å². The molecule has 2 aliphatic carbocycles. The third kappa shape index (κ3) is 4.76. The molecule has 3 unspecified atom stereocenters. The molecule has 15 heteroatoms. The van der Waals surface area contributed by atoms with Crippen LogP contribution in [-0.4, -0.2) is 94.7 Å². The highest BCUT2D eigenvalue weighted by Crippen LogP contribution is 2.59. The highest BCUT2D eigenvalue weighted by Gasteiger charge is 2.71. The zero-order valence-electron chi connectivity index (χ0n) is 22.4. The van der Waals surface area contributed by atoms with E-state index in [0.29, 0.717) is 43.0 Å². The number of nitrogens with zero attached hydrogens (tertiary/aromatic N) is 4. The van der Waals surface area contributed by atoms with E-state index in [1.807, 2.05) is 17.1 Å². The molecule has 4 N–H and O–H groups in total. The lowest BCUT2D eigenvalue weighted by atomic mass is 10.2. The Labute approximate surface area is 238 Å². The summed E-state index contributed by atoms with van der Waals surface area (Å²) in [4.78, 5) is 58.5. The molecule has 3 atom stereocenters. The predicted molar refractivity (Wildman–Crippen MR) is 145 cm³/mol. The van der Waals surface area contributed by atoms with Crippen molar-refractivity contribution in [1.29, 1.82) is 0 Å². The van der Waals surface area contributed by atoms with E-state index in [4.69, 9.17) is 0 Å². The molecule has 0 bridgehead atoms. The van der Waals surface area contributed by atoms with Crippen molar-refractivity contribution in [2.24, 2.45) is 11.8 Å². The highest BCUT2D eigenvalue weighted by molar-refractivity contribution is 7.11. The van der Waals surface area contributed by atoms with Crippen LogP contribution in [0.4, 0.5) is 19.4 Å². The summed E-state index contributed by atoms with van der Waals surface area (Å²) in [6.45, 7) is 2.12. The van der Waals surface area contributed by atoms with Crippen molar-refractivity contribution in [3.05, 3.63) is 40.3 Å². The lowest BCUT2D eigenvalue weighted by Crippen LogP contribution is -2.46. The number of ketones is 1. The Morgan fingerprint density at radius 2 is 2.00 bits per heavy atom. The van der Waals surface area contributed by atoms with E-state index in [1.165, 1.54) is 30.2 Å². The topological polar surface area (TPSA) is 139 Å². The maximum Gasteiger partial charge on any atom is 0.323 e. The lowest BCUT2D eigenvalue weighted by molar-refractivity contribution is -0.122. The van der Waals surface area contributed by atoms with Gasteiger partial charge < -0.3 is 26.2 Å². The van der Waals surface area contributed by atoms with Gasteiger partial charge in [-0.15, -0.1) is 11.3 Å². The van der Waals surface area contributed by atoms with Crippen molar-refractivity contribution < 1.29 is 28.0 Å². The second-order valence-electron chi connectivity index (χ2n) is 11.0. The first kappa shape index (κ1) is 27.3. The Morgan fingerprint density at radius 3 is 2.61 bits per heavy atom. The average molecular weight is 589 g/mol. The molecule has 1 aromatic rings. The molecule has 41 heavy (non-hydrogen) atoms. The molecule has 1 saturated heterocycles. The number of likely N-dealkylation sites (tertiary alicyclic amines) is 1. The van der Waals surface area contributed by atoms with Crippen LogP contribution in [-0.2, 0) is 14.4 Å². The van der Waals surface area contributed by atoms with Crippen LogP contribution < -0.4 is 21.3 Å². The minimum Gasteiger partial charge on any atom is -0.372 e. The molecule has 3 amide bonds. The summed E-state index contributed by atoms with van der Waals surface area (Å²) in [5.74, 6) is -3.48. The molecule has 0 spiro atoms. The number of fused-ring (bicyclic) bond motifs is 1. The Kier molecular flexibility index (Phi) is 6.60. The van der Waals surface area contributed by atoms with Gasteiger partial charge in [0.05, 0.1) is 19.4 Å². The number of anilines is 1. The van der Waals surface area contributed by atoms with Gasteiger partial charge in [-0.25, -0.2) is 18.6 Å². The number of hydrogen-bond donors (Lipinski definition) is 4. The van der Waals surface area contributed by atoms with Gasteiger partial charge in [0.25, 0.3) is 11.8 Å². The maximum atomic E-state index is 13.5. The van der Waals surface area contributed by atoms with Gasteiger partial charge in [-0.3, -0.25) is 24.2 Å². The quantitative estimate of drug-likeness (QED) is 0.313. The summed E-state index contributed by atoms with van der Waals surface area (Å²) in [5, 5.41) is 14.0. The second-order valence-corrected chi connectivity index (χ2v) is 11.8. The van der Waals surface area contributed by atoms with Crippen LogP contribution in [0.1, 0.15) is 24.8 Å². The zero-order valence-corrected chi connectivity index (χ0v) is 23.3. The third-order valence-corrected chi connectivity index (χ3v) is 9.21. The fraction of sp³-hybridized carbons (Fsp3) is 0.500. The Balaban J connectivity index is 1.07. The summed E-state index contributed by atoms with van der Waals surface area (Å²) < 4.78 is 27.0. The molecule has 1 aromatic heterocycles. The number of aldehydes is 1. The number of amides is 3. The number of urea groups is 1. The number of Topliss-reactive ketones (excluding diaryl/α,β-unsaturated/α-hetero) is 1. The summed E-state index contributed by atoms with van der Waals surface area (Å²) in [6.07, 6.45) is 7.14. The number of hydrogen-bond acceptors (Lipinski definition) is 10. The lowest BCUT2D eigenvalue weighted by Gasteiger charge is -2.29. The van der Waals surface area contributed by atoms with Crippen molar-refractivity contribution in [3.8, 4) is 0 Å². The number of carbonyl (C=O) groups excluding carboxylic acids is 4. The van der Waals surface area contributed by atoms with E-state index in [-0.39, 0.29) is 42.6 Å². The van der Waals surface area contributed by atoms with Crippen LogP contribution in [0.15, 0.2) is 35.3 Å². The van der Waals surface area contributed by atoms with Crippen LogP contribution in [0.2, 0.25) is 0 Å². The highest BCUT2D eigenvalue weighted by atomic mass is 32.1. The van der Waals surface area contributed by atoms with E-state index in [9.17, 15) is 28.0 Å². The Morgan fingerprint density at radius 1 is 1.27 bits per heavy atom. The van der Waals surface area contributed by atoms with E-state index in [0.717, 1.165) is 5.57 Å². The summed E-state index contributed by atoms with van der Waals surface area (Å²) in [6, 6.07) is -0.557. The molecule has 4 heterocycles. The number of allylic oxidation sites excluding steroid dienone is 3. The summed E-state index contributed by atoms with van der Waals surface area (Å²) in [7, 11) is 1.47. The van der Waals surface area contributed by atoms with Gasteiger partial charge in [0, 0.05) is 49.1 Å². The van der Waals surface area contributed by atoms with Gasteiger partial charge in [-0.1, -0.05) is 6.08 Å². The predicted octanol–water partition coefficient (Wildman–Crippen LogP) is 1.10. The first-order chi connectivity index (χ1) is 19.5.